The SMILES string of the molecule is CC(C)CC(NC(=O)CCc1ccc(Cl)c(Cl)c1)c1ccccc1. The Hall–Kier alpha value is -1.51. The predicted molar refractivity (Wildman–Crippen MR) is 102 cm³/mol. The van der Waals surface area contributed by atoms with Gasteiger partial charge >= 0.3 is 0 Å². The number of amides is 1. The summed E-state index contributed by atoms with van der Waals surface area (Å²) in [7, 11) is 0. The van der Waals surface area contributed by atoms with Crippen LogP contribution in [-0.4, -0.2) is 5.91 Å². The molecule has 0 aliphatic carbocycles. The number of hydrogen-bond donors (Lipinski definition) is 1. The molecular weight excluding hydrogens is 341 g/mol. The Kier molecular flexibility index (Phi) is 7.14. The fraction of sp³-hybridized carbons (Fsp3) is 0.350. The smallest absolute Gasteiger partial charge is 0.220 e. The lowest BCUT2D eigenvalue weighted by atomic mass is 9.96. The lowest BCUT2D eigenvalue weighted by Crippen LogP contribution is -2.29. The average molecular weight is 364 g/mol. The van der Waals surface area contributed by atoms with Crippen molar-refractivity contribution >= 4 is 29.1 Å². The predicted octanol–water partition coefficient (Wildman–Crippen LogP) is 5.83. The van der Waals surface area contributed by atoms with Crippen LogP contribution in [0.25, 0.3) is 0 Å². The summed E-state index contributed by atoms with van der Waals surface area (Å²) in [6, 6.07) is 15.7. The van der Waals surface area contributed by atoms with Crippen molar-refractivity contribution in [2.45, 2.75) is 39.2 Å². The molecule has 2 nitrogen and oxygen atoms in total. The van der Waals surface area contributed by atoms with E-state index in [0.29, 0.717) is 28.8 Å². The number of rotatable bonds is 7. The molecule has 1 unspecified atom stereocenters. The van der Waals surface area contributed by atoms with Crippen LogP contribution in [0.4, 0.5) is 0 Å². The van der Waals surface area contributed by atoms with Crippen LogP contribution in [0.5, 0.6) is 0 Å². The summed E-state index contributed by atoms with van der Waals surface area (Å²) in [5.74, 6) is 0.557. The Morgan fingerprint density at radius 2 is 1.75 bits per heavy atom. The van der Waals surface area contributed by atoms with E-state index in [1.807, 2.05) is 30.3 Å². The zero-order chi connectivity index (χ0) is 17.5. The van der Waals surface area contributed by atoms with Crippen molar-refractivity contribution in [3.8, 4) is 0 Å². The summed E-state index contributed by atoms with van der Waals surface area (Å²) in [6.45, 7) is 4.33. The van der Waals surface area contributed by atoms with Gasteiger partial charge in [-0.15, -0.1) is 0 Å². The van der Waals surface area contributed by atoms with E-state index < -0.39 is 0 Å². The molecule has 1 amide bonds. The van der Waals surface area contributed by atoms with E-state index in [1.54, 1.807) is 6.07 Å². The molecule has 2 aromatic rings. The van der Waals surface area contributed by atoms with Crippen LogP contribution in [0.2, 0.25) is 10.0 Å². The summed E-state index contributed by atoms with van der Waals surface area (Å²) in [6.07, 6.45) is 1.99. The molecule has 0 bridgehead atoms. The fourth-order valence-corrected chi connectivity index (χ4v) is 2.98. The van der Waals surface area contributed by atoms with Crippen LogP contribution in [0.1, 0.15) is 43.9 Å². The van der Waals surface area contributed by atoms with E-state index >= 15 is 0 Å². The number of carbonyl (C=O) groups excluding carboxylic acids is 1. The number of carbonyl (C=O) groups is 1. The third-order valence-electron chi connectivity index (χ3n) is 3.87. The molecule has 0 saturated heterocycles. The summed E-state index contributed by atoms with van der Waals surface area (Å²) in [4.78, 5) is 12.4. The maximum atomic E-state index is 12.4. The number of halogens is 2. The highest BCUT2D eigenvalue weighted by Gasteiger charge is 2.16. The zero-order valence-electron chi connectivity index (χ0n) is 14.1. The Morgan fingerprint density at radius 1 is 1.04 bits per heavy atom. The third kappa shape index (κ3) is 5.85. The average Bonchev–Trinajstić information content (AvgIpc) is 2.56. The van der Waals surface area contributed by atoms with Crippen LogP contribution in [0.3, 0.4) is 0 Å². The first kappa shape index (κ1) is 18.8. The van der Waals surface area contributed by atoms with E-state index in [0.717, 1.165) is 17.5 Å². The van der Waals surface area contributed by atoms with Crippen LogP contribution in [0.15, 0.2) is 48.5 Å². The molecule has 0 fully saturated rings. The second-order valence-corrected chi connectivity index (χ2v) is 7.22. The van der Waals surface area contributed by atoms with Gasteiger partial charge < -0.3 is 5.32 Å². The number of benzene rings is 2. The van der Waals surface area contributed by atoms with Crippen LogP contribution >= 0.6 is 23.2 Å². The molecule has 2 aromatic carbocycles. The summed E-state index contributed by atoms with van der Waals surface area (Å²) < 4.78 is 0. The van der Waals surface area contributed by atoms with Gasteiger partial charge in [0.05, 0.1) is 16.1 Å². The van der Waals surface area contributed by atoms with Crippen LogP contribution in [0, 0.1) is 5.92 Å². The van der Waals surface area contributed by atoms with Crippen LogP contribution in [-0.2, 0) is 11.2 Å². The van der Waals surface area contributed by atoms with Gasteiger partial charge in [0, 0.05) is 6.42 Å². The number of nitrogens with one attached hydrogen (secondary N) is 1. The monoisotopic (exact) mass is 363 g/mol. The summed E-state index contributed by atoms with van der Waals surface area (Å²) in [5, 5.41) is 4.22. The first-order chi connectivity index (χ1) is 11.5. The first-order valence-corrected chi connectivity index (χ1v) is 8.99. The molecule has 0 saturated carbocycles. The second kappa shape index (κ2) is 9.10. The van der Waals surface area contributed by atoms with E-state index in [4.69, 9.17) is 23.2 Å². The molecule has 128 valence electrons. The quantitative estimate of drug-likeness (QED) is 0.658. The highest BCUT2D eigenvalue weighted by Crippen LogP contribution is 2.24. The van der Waals surface area contributed by atoms with Crippen molar-refractivity contribution in [3.63, 3.8) is 0 Å². The van der Waals surface area contributed by atoms with E-state index in [2.05, 4.69) is 31.3 Å². The molecule has 1 atom stereocenters. The minimum atomic E-state index is 0.0486. The van der Waals surface area contributed by atoms with Crippen molar-refractivity contribution in [2.24, 2.45) is 5.92 Å². The largest absolute Gasteiger partial charge is 0.349 e. The van der Waals surface area contributed by atoms with Gasteiger partial charge in [-0.05, 0) is 42.0 Å². The van der Waals surface area contributed by atoms with Gasteiger partial charge in [0.25, 0.3) is 0 Å². The van der Waals surface area contributed by atoms with Crippen molar-refractivity contribution in [3.05, 3.63) is 69.7 Å². The molecule has 4 heteroatoms. The second-order valence-electron chi connectivity index (χ2n) is 6.41. The lowest BCUT2D eigenvalue weighted by molar-refractivity contribution is -0.121. The van der Waals surface area contributed by atoms with Gasteiger partial charge in [0.15, 0.2) is 0 Å². The molecule has 0 radical (unpaired) electrons. The van der Waals surface area contributed by atoms with Gasteiger partial charge in [0.1, 0.15) is 0 Å². The molecule has 0 aromatic heterocycles. The molecule has 0 heterocycles. The highest BCUT2D eigenvalue weighted by atomic mass is 35.5. The fourth-order valence-electron chi connectivity index (χ4n) is 2.65. The summed E-state index contributed by atoms with van der Waals surface area (Å²) in [5.41, 5.74) is 2.16. The first-order valence-electron chi connectivity index (χ1n) is 8.24. The zero-order valence-corrected chi connectivity index (χ0v) is 15.6. The van der Waals surface area contributed by atoms with Crippen molar-refractivity contribution in [1.82, 2.24) is 5.32 Å². The number of aryl methyl sites for hydroxylation is 1. The van der Waals surface area contributed by atoms with E-state index in [1.165, 1.54) is 0 Å². The summed E-state index contributed by atoms with van der Waals surface area (Å²) >= 11 is 11.9. The van der Waals surface area contributed by atoms with Crippen molar-refractivity contribution < 1.29 is 4.79 Å². The van der Waals surface area contributed by atoms with Crippen LogP contribution < -0.4 is 5.32 Å². The number of hydrogen-bond acceptors (Lipinski definition) is 1. The van der Waals surface area contributed by atoms with Gasteiger partial charge in [-0.2, -0.15) is 0 Å². The van der Waals surface area contributed by atoms with Gasteiger partial charge in [-0.25, -0.2) is 0 Å². The molecule has 0 aliphatic rings. The van der Waals surface area contributed by atoms with Gasteiger partial charge in [0.2, 0.25) is 5.91 Å². The Balaban J connectivity index is 1.96. The van der Waals surface area contributed by atoms with Crippen molar-refractivity contribution in [1.29, 1.82) is 0 Å². The Labute approximate surface area is 154 Å². The molecule has 0 spiro atoms. The van der Waals surface area contributed by atoms with E-state index in [9.17, 15) is 4.79 Å². The minimum Gasteiger partial charge on any atom is -0.349 e. The minimum absolute atomic E-state index is 0.0486. The Bertz CT molecular complexity index is 671. The molecular formula is C20H23Cl2NO. The molecule has 2 rings (SSSR count). The Morgan fingerprint density at radius 3 is 2.38 bits per heavy atom. The van der Waals surface area contributed by atoms with E-state index in [-0.39, 0.29) is 11.9 Å². The molecule has 24 heavy (non-hydrogen) atoms. The van der Waals surface area contributed by atoms with Gasteiger partial charge in [-0.1, -0.05) is 73.4 Å². The van der Waals surface area contributed by atoms with Crippen molar-refractivity contribution in [2.75, 3.05) is 0 Å². The maximum absolute atomic E-state index is 12.4. The van der Waals surface area contributed by atoms with Gasteiger partial charge in [-0.3, -0.25) is 4.79 Å². The highest BCUT2D eigenvalue weighted by molar-refractivity contribution is 6.42. The molecule has 0 aliphatic heterocycles. The third-order valence-corrected chi connectivity index (χ3v) is 4.61. The lowest BCUT2D eigenvalue weighted by Gasteiger charge is -2.21. The maximum Gasteiger partial charge on any atom is 0.220 e. The topological polar surface area (TPSA) is 29.1 Å². The molecule has 1 N–H and O–H groups in total. The standard InChI is InChI=1S/C20H23Cl2NO/c1-14(2)12-19(16-6-4-3-5-7-16)23-20(24)11-9-15-8-10-17(21)18(22)13-15/h3-8,10,13-14,19H,9,11-12H2,1-2H3,(H,23,24). The normalized spacial score (nSPS) is 12.2.